The van der Waals surface area contributed by atoms with Crippen LogP contribution < -0.4 is 10.2 Å². The van der Waals surface area contributed by atoms with E-state index >= 15 is 0 Å². The van der Waals surface area contributed by atoms with E-state index in [1.165, 1.54) is 35.3 Å². The van der Waals surface area contributed by atoms with Crippen LogP contribution in [-0.4, -0.2) is 19.6 Å². The van der Waals surface area contributed by atoms with Gasteiger partial charge >= 0.3 is 12.4 Å². The molecule has 0 saturated heterocycles. The fourth-order valence-corrected chi connectivity index (χ4v) is 3.96. The van der Waals surface area contributed by atoms with E-state index in [9.17, 15) is 39.9 Å². The number of rotatable bonds is 4. The van der Waals surface area contributed by atoms with Gasteiger partial charge in [0.05, 0.1) is 22.4 Å². The Balaban J connectivity index is 1.45. The van der Waals surface area contributed by atoms with Crippen molar-refractivity contribution in [3.8, 4) is 17.1 Å². The Kier molecular flexibility index (Phi) is 6.19. The summed E-state index contributed by atoms with van der Waals surface area (Å²) in [6.45, 7) is -0.0200. The molecule has 0 amide bonds. The Bertz CT molecular complexity index is 1770. The third-order valence-corrected chi connectivity index (χ3v) is 5.79. The van der Waals surface area contributed by atoms with Crippen LogP contribution >= 0.6 is 0 Å². The second kappa shape index (κ2) is 9.29. The van der Waals surface area contributed by atoms with Gasteiger partial charge < -0.3 is 4.98 Å². The molecule has 0 aliphatic rings. The zero-order valence-electron chi connectivity index (χ0n) is 19.3. The van der Waals surface area contributed by atoms with Crippen LogP contribution in [0.5, 0.6) is 0 Å². The van der Waals surface area contributed by atoms with E-state index in [-0.39, 0.29) is 24.0 Å². The maximum atomic E-state index is 14.1. The van der Waals surface area contributed by atoms with Crippen molar-refractivity contribution >= 4 is 11.0 Å². The molecular weight excluding hydrogens is 538 g/mol. The molecule has 0 aliphatic heterocycles. The van der Waals surface area contributed by atoms with Crippen LogP contribution in [0.15, 0.2) is 71.9 Å². The molecule has 0 saturated carbocycles. The summed E-state index contributed by atoms with van der Waals surface area (Å²) in [5.41, 5.74) is -3.81. The summed E-state index contributed by atoms with van der Waals surface area (Å²) < 4.78 is 109. The second-order valence-corrected chi connectivity index (χ2v) is 8.43. The van der Waals surface area contributed by atoms with E-state index in [0.29, 0.717) is 33.3 Å². The molecular formula is C25H14F8N5O+. The SMILES string of the molecule is O=c1cc(C[n+]2cc3[nH]c(-c4cccc(F)c4F)nc3cn2)ccn1-c1ccc(C(F)(F)F)cc1C(F)(F)F. The highest BCUT2D eigenvalue weighted by molar-refractivity contribution is 5.77. The fourth-order valence-electron chi connectivity index (χ4n) is 3.96. The molecule has 200 valence electrons. The number of benzene rings is 2. The number of hydrogen-bond donors (Lipinski definition) is 1. The van der Waals surface area contributed by atoms with Crippen LogP contribution in [0.3, 0.4) is 0 Å². The first-order chi connectivity index (χ1) is 18.3. The zero-order chi connectivity index (χ0) is 28.1. The molecule has 0 unspecified atom stereocenters. The third kappa shape index (κ3) is 5.09. The van der Waals surface area contributed by atoms with Gasteiger partial charge in [0, 0.05) is 17.8 Å². The van der Waals surface area contributed by atoms with E-state index in [2.05, 4.69) is 15.1 Å². The number of aromatic nitrogens is 5. The zero-order valence-corrected chi connectivity index (χ0v) is 19.3. The van der Waals surface area contributed by atoms with Gasteiger partial charge in [-0.2, -0.15) is 26.3 Å². The Labute approximate surface area is 212 Å². The van der Waals surface area contributed by atoms with Crippen LogP contribution in [0.2, 0.25) is 0 Å². The summed E-state index contributed by atoms with van der Waals surface area (Å²) in [6.07, 6.45) is -6.31. The van der Waals surface area contributed by atoms with Crippen LogP contribution in [0.1, 0.15) is 16.7 Å². The second-order valence-electron chi connectivity index (χ2n) is 8.43. The minimum absolute atomic E-state index is 0.0200. The lowest BCUT2D eigenvalue weighted by Gasteiger charge is -2.17. The molecule has 0 fully saturated rings. The molecule has 3 heterocycles. The molecule has 6 nitrogen and oxygen atoms in total. The van der Waals surface area contributed by atoms with Gasteiger partial charge in [-0.1, -0.05) is 10.7 Å². The van der Waals surface area contributed by atoms with E-state index in [1.807, 2.05) is 0 Å². The van der Waals surface area contributed by atoms with Crippen LogP contribution in [-0.2, 0) is 18.9 Å². The molecule has 0 bridgehead atoms. The predicted molar refractivity (Wildman–Crippen MR) is 121 cm³/mol. The van der Waals surface area contributed by atoms with Gasteiger partial charge in [-0.3, -0.25) is 9.36 Å². The number of imidazole rings is 1. The molecule has 5 aromatic rings. The minimum Gasteiger partial charge on any atom is -0.333 e. The normalized spacial score (nSPS) is 12.3. The molecule has 14 heteroatoms. The first-order valence-corrected chi connectivity index (χ1v) is 11.0. The molecule has 0 radical (unpaired) electrons. The molecule has 2 aromatic carbocycles. The first kappa shape index (κ1) is 26.0. The van der Waals surface area contributed by atoms with Crippen LogP contribution in [0.25, 0.3) is 28.1 Å². The molecule has 5 rings (SSSR count). The van der Waals surface area contributed by atoms with E-state index < -0.39 is 46.4 Å². The first-order valence-electron chi connectivity index (χ1n) is 11.0. The largest absolute Gasteiger partial charge is 0.418 e. The van der Waals surface area contributed by atoms with Crippen molar-refractivity contribution in [2.24, 2.45) is 0 Å². The maximum Gasteiger partial charge on any atom is 0.418 e. The number of pyridine rings is 1. The fraction of sp³-hybridized carbons (Fsp3) is 0.120. The van der Waals surface area contributed by atoms with Gasteiger partial charge in [-0.15, -0.1) is 0 Å². The average molecular weight is 552 g/mol. The van der Waals surface area contributed by atoms with Gasteiger partial charge in [0.2, 0.25) is 6.20 Å². The quantitative estimate of drug-likeness (QED) is 0.239. The number of aromatic amines is 1. The predicted octanol–water partition coefficient (Wildman–Crippen LogP) is 5.43. The van der Waals surface area contributed by atoms with Crippen LogP contribution in [0.4, 0.5) is 35.1 Å². The van der Waals surface area contributed by atoms with Crippen LogP contribution in [0, 0.1) is 11.6 Å². The van der Waals surface area contributed by atoms with Crippen molar-refractivity contribution in [2.45, 2.75) is 18.9 Å². The Hall–Kier alpha value is -4.62. The molecule has 0 aliphatic carbocycles. The molecule has 0 atom stereocenters. The number of hydrogen-bond acceptors (Lipinski definition) is 3. The number of fused-ring (bicyclic) bond motifs is 1. The Morgan fingerprint density at radius 2 is 1.72 bits per heavy atom. The summed E-state index contributed by atoms with van der Waals surface area (Å²) in [5.74, 6) is -2.07. The van der Waals surface area contributed by atoms with Gasteiger partial charge in [-0.05, 0) is 41.5 Å². The molecule has 0 spiro atoms. The van der Waals surface area contributed by atoms with Crippen molar-refractivity contribution in [1.82, 2.24) is 19.6 Å². The maximum absolute atomic E-state index is 14.1. The van der Waals surface area contributed by atoms with E-state index in [0.717, 1.165) is 18.3 Å². The lowest BCUT2D eigenvalue weighted by atomic mass is 10.1. The smallest absolute Gasteiger partial charge is 0.333 e. The standard InChI is InChI=1S/C25H13F8N5O/c26-17-3-1-2-15(22(17)27)23-35-18-10-34-37(12-19(18)36-23)11-13-6-7-38(21(39)8-13)20-5-4-14(24(28,29)30)9-16(20)25(31,32)33/h1-10,12H,11H2/p+1. The van der Waals surface area contributed by atoms with Gasteiger partial charge in [0.1, 0.15) is 23.1 Å². The highest BCUT2D eigenvalue weighted by Crippen LogP contribution is 2.38. The number of nitrogens with one attached hydrogen (secondary N) is 1. The molecule has 39 heavy (non-hydrogen) atoms. The topological polar surface area (TPSA) is 67.4 Å². The number of H-pyrrole nitrogens is 1. The van der Waals surface area contributed by atoms with Gasteiger partial charge in [-0.25, -0.2) is 13.8 Å². The number of nitrogens with zero attached hydrogens (tertiary/aromatic N) is 4. The lowest BCUT2D eigenvalue weighted by Crippen LogP contribution is -2.38. The summed E-state index contributed by atoms with van der Waals surface area (Å²) in [5, 5.41) is 4.14. The van der Waals surface area contributed by atoms with Crippen molar-refractivity contribution in [3.63, 3.8) is 0 Å². The molecule has 3 aromatic heterocycles. The molecule has 1 N–H and O–H groups in total. The van der Waals surface area contributed by atoms with Crippen molar-refractivity contribution in [2.75, 3.05) is 0 Å². The summed E-state index contributed by atoms with van der Waals surface area (Å²) in [6, 6.07) is 6.99. The van der Waals surface area contributed by atoms with Gasteiger partial charge in [0.15, 0.2) is 18.2 Å². The highest BCUT2D eigenvalue weighted by atomic mass is 19.4. The third-order valence-electron chi connectivity index (χ3n) is 5.79. The summed E-state index contributed by atoms with van der Waals surface area (Å²) >= 11 is 0. The van der Waals surface area contributed by atoms with Crippen molar-refractivity contribution < 1.29 is 39.8 Å². The number of alkyl halides is 6. The minimum atomic E-state index is -5.15. The number of halogens is 8. The van der Waals surface area contributed by atoms with Crippen molar-refractivity contribution in [3.05, 3.63) is 106 Å². The van der Waals surface area contributed by atoms with E-state index in [1.54, 1.807) is 0 Å². The van der Waals surface area contributed by atoms with Crippen molar-refractivity contribution in [1.29, 1.82) is 0 Å². The average Bonchev–Trinajstić information content (AvgIpc) is 3.27. The summed E-state index contributed by atoms with van der Waals surface area (Å²) in [4.78, 5) is 19.7. The van der Waals surface area contributed by atoms with E-state index in [4.69, 9.17) is 0 Å². The Morgan fingerprint density at radius 3 is 2.41 bits per heavy atom. The monoisotopic (exact) mass is 552 g/mol. The Morgan fingerprint density at radius 1 is 0.949 bits per heavy atom. The highest BCUT2D eigenvalue weighted by Gasteiger charge is 2.38. The summed E-state index contributed by atoms with van der Waals surface area (Å²) in [7, 11) is 0. The van der Waals surface area contributed by atoms with Gasteiger partial charge in [0.25, 0.3) is 5.56 Å². The lowest BCUT2D eigenvalue weighted by molar-refractivity contribution is -0.745.